The van der Waals surface area contributed by atoms with Crippen molar-refractivity contribution in [2.45, 2.75) is 25.3 Å². The van der Waals surface area contributed by atoms with Gasteiger partial charge in [0.25, 0.3) is 12.3 Å². The average molecular weight is 271 g/mol. The summed E-state index contributed by atoms with van der Waals surface area (Å²) in [6, 6.07) is -0.178. The molecule has 2 rings (SSSR count). The molecule has 0 atom stereocenters. The number of amides is 1. The van der Waals surface area contributed by atoms with Crippen molar-refractivity contribution in [1.29, 1.82) is 0 Å². The Hall–Kier alpha value is -2.12. The molecule has 1 heterocycles. The molecule has 1 N–H and O–H groups in total. The number of aromatic nitrogens is 2. The Kier molecular flexibility index (Phi) is 3.68. The van der Waals surface area contributed by atoms with E-state index in [0.29, 0.717) is 12.8 Å². The molecule has 1 amide bonds. The molecule has 1 saturated carbocycles. The SMILES string of the molecule is O=C(O)c1cnc(C(=O)N(CC(F)F)C2CC2)cn1. The molecular weight excluding hydrogens is 260 g/mol. The summed E-state index contributed by atoms with van der Waals surface area (Å²) < 4.78 is 24.8. The van der Waals surface area contributed by atoms with Gasteiger partial charge in [0.05, 0.1) is 18.9 Å². The molecule has 0 spiro atoms. The number of hydrogen-bond donors (Lipinski definition) is 1. The van der Waals surface area contributed by atoms with E-state index in [0.717, 1.165) is 17.3 Å². The average Bonchev–Trinajstić information content (AvgIpc) is 3.19. The quantitative estimate of drug-likeness (QED) is 0.865. The first-order valence-electron chi connectivity index (χ1n) is 5.63. The summed E-state index contributed by atoms with van der Waals surface area (Å²) in [6.45, 7) is -0.647. The van der Waals surface area contributed by atoms with Gasteiger partial charge in [-0.1, -0.05) is 0 Å². The van der Waals surface area contributed by atoms with Crippen LogP contribution in [0.25, 0.3) is 0 Å². The van der Waals surface area contributed by atoms with Gasteiger partial charge in [-0.3, -0.25) is 4.79 Å². The van der Waals surface area contributed by atoms with Gasteiger partial charge in [0, 0.05) is 6.04 Å². The van der Waals surface area contributed by atoms with E-state index < -0.39 is 24.8 Å². The highest BCUT2D eigenvalue weighted by atomic mass is 19.3. The number of carbonyl (C=O) groups excluding carboxylic acids is 1. The first kappa shape index (κ1) is 13.3. The molecule has 1 aromatic heterocycles. The van der Waals surface area contributed by atoms with Crippen LogP contribution in [0.15, 0.2) is 12.4 Å². The Labute approximate surface area is 107 Å². The van der Waals surface area contributed by atoms with E-state index in [9.17, 15) is 18.4 Å². The van der Waals surface area contributed by atoms with Crippen LogP contribution in [0, 0.1) is 0 Å². The molecule has 19 heavy (non-hydrogen) atoms. The fraction of sp³-hybridized carbons (Fsp3) is 0.455. The van der Waals surface area contributed by atoms with Crippen LogP contribution in [0.4, 0.5) is 8.78 Å². The third-order valence-electron chi connectivity index (χ3n) is 2.67. The maximum Gasteiger partial charge on any atom is 0.356 e. The van der Waals surface area contributed by atoms with Crippen molar-refractivity contribution in [1.82, 2.24) is 14.9 Å². The van der Waals surface area contributed by atoms with Gasteiger partial charge in [0.1, 0.15) is 5.69 Å². The molecule has 102 valence electrons. The number of carboxylic acids is 1. The number of aromatic carboxylic acids is 1. The Balaban J connectivity index is 2.14. The van der Waals surface area contributed by atoms with E-state index >= 15 is 0 Å². The first-order chi connectivity index (χ1) is 8.99. The lowest BCUT2D eigenvalue weighted by Gasteiger charge is -2.21. The first-order valence-corrected chi connectivity index (χ1v) is 5.63. The summed E-state index contributed by atoms with van der Waals surface area (Å²) in [7, 11) is 0. The van der Waals surface area contributed by atoms with Crippen LogP contribution in [0.1, 0.15) is 33.8 Å². The Bertz CT molecular complexity index is 488. The minimum Gasteiger partial charge on any atom is -0.476 e. The number of alkyl halides is 2. The fourth-order valence-electron chi connectivity index (χ4n) is 1.63. The summed E-state index contributed by atoms with van der Waals surface area (Å²) >= 11 is 0. The summed E-state index contributed by atoms with van der Waals surface area (Å²) in [6.07, 6.45) is 0.698. The largest absolute Gasteiger partial charge is 0.476 e. The monoisotopic (exact) mass is 271 g/mol. The van der Waals surface area contributed by atoms with E-state index in [1.165, 1.54) is 0 Å². The van der Waals surface area contributed by atoms with Crippen molar-refractivity contribution in [2.24, 2.45) is 0 Å². The minimum absolute atomic E-state index is 0.127. The summed E-state index contributed by atoms with van der Waals surface area (Å²) in [5.41, 5.74) is -0.430. The van der Waals surface area contributed by atoms with E-state index in [1.807, 2.05) is 0 Å². The van der Waals surface area contributed by atoms with Crippen molar-refractivity contribution in [3.8, 4) is 0 Å². The molecular formula is C11H11F2N3O3. The Morgan fingerprint density at radius 3 is 2.32 bits per heavy atom. The second-order valence-corrected chi connectivity index (χ2v) is 4.17. The molecule has 0 unspecified atom stereocenters. The van der Waals surface area contributed by atoms with Crippen LogP contribution < -0.4 is 0 Å². The van der Waals surface area contributed by atoms with Gasteiger partial charge in [-0.05, 0) is 12.8 Å². The van der Waals surface area contributed by atoms with E-state index in [4.69, 9.17) is 5.11 Å². The van der Waals surface area contributed by atoms with Gasteiger partial charge in [-0.25, -0.2) is 23.5 Å². The fourth-order valence-corrected chi connectivity index (χ4v) is 1.63. The zero-order valence-corrected chi connectivity index (χ0v) is 9.79. The van der Waals surface area contributed by atoms with E-state index in [2.05, 4.69) is 9.97 Å². The van der Waals surface area contributed by atoms with Crippen LogP contribution in [0.3, 0.4) is 0 Å². The molecule has 0 radical (unpaired) electrons. The second kappa shape index (κ2) is 5.25. The number of hydrogen-bond acceptors (Lipinski definition) is 4. The highest BCUT2D eigenvalue weighted by Gasteiger charge is 2.35. The molecule has 0 aromatic carbocycles. The number of rotatable bonds is 5. The normalized spacial score (nSPS) is 14.5. The summed E-state index contributed by atoms with van der Waals surface area (Å²) in [5, 5.41) is 8.64. The van der Waals surface area contributed by atoms with Gasteiger partial charge >= 0.3 is 5.97 Å². The molecule has 0 saturated heterocycles. The summed E-state index contributed by atoms with van der Waals surface area (Å²) in [4.78, 5) is 30.8. The predicted octanol–water partition coefficient (Wildman–Crippen LogP) is 1.04. The molecule has 1 aliphatic rings. The molecule has 8 heteroatoms. The lowest BCUT2D eigenvalue weighted by Crippen LogP contribution is -2.37. The van der Waals surface area contributed by atoms with Crippen molar-refractivity contribution in [3.05, 3.63) is 23.8 Å². The van der Waals surface area contributed by atoms with Crippen molar-refractivity contribution in [2.75, 3.05) is 6.54 Å². The van der Waals surface area contributed by atoms with Crippen molar-refractivity contribution in [3.63, 3.8) is 0 Å². The Morgan fingerprint density at radius 1 is 1.32 bits per heavy atom. The third-order valence-corrected chi connectivity index (χ3v) is 2.67. The molecule has 0 aliphatic heterocycles. The van der Waals surface area contributed by atoms with Crippen molar-refractivity contribution < 1.29 is 23.5 Å². The van der Waals surface area contributed by atoms with Crippen LogP contribution >= 0.6 is 0 Å². The topological polar surface area (TPSA) is 83.4 Å². The highest BCUT2D eigenvalue weighted by molar-refractivity contribution is 5.93. The maximum atomic E-state index is 12.4. The van der Waals surface area contributed by atoms with Gasteiger partial charge in [0.15, 0.2) is 5.69 Å². The van der Waals surface area contributed by atoms with E-state index in [-0.39, 0.29) is 17.4 Å². The number of carbonyl (C=O) groups is 2. The maximum absolute atomic E-state index is 12.4. The van der Waals surface area contributed by atoms with Gasteiger partial charge in [0.2, 0.25) is 0 Å². The Morgan fingerprint density at radius 2 is 1.89 bits per heavy atom. The van der Waals surface area contributed by atoms with Gasteiger partial charge in [-0.15, -0.1) is 0 Å². The number of halogens is 2. The molecule has 1 aliphatic carbocycles. The molecule has 6 nitrogen and oxygen atoms in total. The molecule has 0 bridgehead atoms. The van der Waals surface area contributed by atoms with Crippen LogP contribution in [-0.4, -0.2) is 50.9 Å². The second-order valence-electron chi connectivity index (χ2n) is 4.17. The zero-order chi connectivity index (χ0) is 14.0. The smallest absolute Gasteiger partial charge is 0.356 e. The summed E-state index contributed by atoms with van der Waals surface area (Å²) in [5.74, 6) is -1.91. The van der Waals surface area contributed by atoms with Gasteiger partial charge < -0.3 is 10.0 Å². The van der Waals surface area contributed by atoms with Crippen LogP contribution in [0.2, 0.25) is 0 Å². The van der Waals surface area contributed by atoms with Crippen molar-refractivity contribution >= 4 is 11.9 Å². The van der Waals surface area contributed by atoms with Crippen LogP contribution in [0.5, 0.6) is 0 Å². The highest BCUT2D eigenvalue weighted by Crippen LogP contribution is 2.28. The number of carboxylic acid groups (broad SMARTS) is 1. The van der Waals surface area contributed by atoms with E-state index in [1.54, 1.807) is 0 Å². The zero-order valence-electron chi connectivity index (χ0n) is 9.79. The molecule has 1 aromatic rings. The lowest BCUT2D eigenvalue weighted by molar-refractivity contribution is 0.0528. The number of nitrogens with zero attached hydrogens (tertiary/aromatic N) is 3. The standard InChI is InChI=1S/C11H11F2N3O3/c12-9(13)5-16(6-1-2-6)10(17)7-3-15-8(4-14-7)11(18)19/h3-4,6,9H,1-2,5H2,(H,18,19). The lowest BCUT2D eigenvalue weighted by atomic mass is 10.3. The molecule has 1 fully saturated rings. The third kappa shape index (κ3) is 3.21. The minimum atomic E-state index is -2.61. The van der Waals surface area contributed by atoms with Crippen LogP contribution in [-0.2, 0) is 0 Å². The van der Waals surface area contributed by atoms with Gasteiger partial charge in [-0.2, -0.15) is 0 Å². The predicted molar refractivity (Wildman–Crippen MR) is 59.1 cm³/mol.